The number of nitrogens with two attached hydrogens (primary N) is 1. The molecule has 21 heavy (non-hydrogen) atoms. The lowest BCUT2D eigenvalue weighted by Gasteiger charge is -2.11. The number of carbonyl (C=O) groups is 1. The molecule has 1 saturated heterocycles. The molecule has 0 saturated carbocycles. The topological polar surface area (TPSA) is 93.4 Å². The molecule has 1 aromatic carbocycles. The van der Waals surface area contributed by atoms with Gasteiger partial charge in [0.05, 0.1) is 10.2 Å². The Labute approximate surface area is 126 Å². The number of benzene rings is 1. The summed E-state index contributed by atoms with van der Waals surface area (Å²) in [4.78, 5) is 17.9. The fourth-order valence-corrected chi connectivity index (χ4v) is 4.17. The Balaban J connectivity index is 1.99. The van der Waals surface area contributed by atoms with Crippen LogP contribution in [-0.4, -0.2) is 31.1 Å². The molecule has 0 aliphatic carbocycles. The van der Waals surface area contributed by atoms with Gasteiger partial charge in [0.25, 0.3) is 0 Å². The summed E-state index contributed by atoms with van der Waals surface area (Å²) in [6.07, 6.45) is -0.0766. The number of aryl methyl sites for hydroxylation is 2. The Morgan fingerprint density at radius 2 is 2.00 bits per heavy atom. The fraction of sp³-hybridized carbons (Fsp3) is 0.385. The lowest BCUT2D eigenvalue weighted by atomic mass is 10.1. The van der Waals surface area contributed by atoms with Crippen LogP contribution in [0, 0.1) is 13.8 Å². The summed E-state index contributed by atoms with van der Waals surface area (Å²) in [5.74, 6) is -0.249. The van der Waals surface area contributed by atoms with Crippen LogP contribution in [0.25, 0.3) is 10.2 Å². The molecular weight excluding hydrogens is 310 g/mol. The van der Waals surface area contributed by atoms with E-state index in [9.17, 15) is 13.2 Å². The van der Waals surface area contributed by atoms with E-state index in [1.54, 1.807) is 0 Å². The molecular formula is C13H15N3O3S2. The van der Waals surface area contributed by atoms with Crippen molar-refractivity contribution in [1.29, 1.82) is 0 Å². The van der Waals surface area contributed by atoms with E-state index in [-0.39, 0.29) is 18.9 Å². The SMILES string of the molecule is Cc1cc2nc(N3CC(S(N)(=O)=O)CC3=O)sc2cc1C. The molecule has 8 heteroatoms. The van der Waals surface area contributed by atoms with Crippen molar-refractivity contribution in [3.8, 4) is 0 Å². The molecule has 6 nitrogen and oxygen atoms in total. The highest BCUT2D eigenvalue weighted by molar-refractivity contribution is 7.89. The Morgan fingerprint density at radius 3 is 2.62 bits per heavy atom. The van der Waals surface area contributed by atoms with E-state index >= 15 is 0 Å². The second kappa shape index (κ2) is 4.75. The molecule has 0 bridgehead atoms. The first kappa shape index (κ1) is 14.4. The number of amides is 1. The number of hydrogen-bond acceptors (Lipinski definition) is 5. The van der Waals surface area contributed by atoms with E-state index in [0.717, 1.165) is 21.3 Å². The van der Waals surface area contributed by atoms with Gasteiger partial charge in [-0.1, -0.05) is 11.3 Å². The third kappa shape index (κ3) is 2.54. The molecule has 1 aromatic heterocycles. The average molecular weight is 325 g/mol. The standard InChI is InChI=1S/C13H15N3O3S2/c1-7-3-10-11(4-8(7)2)20-13(15-10)16-6-9(5-12(16)17)21(14,18)19/h3-4,9H,5-6H2,1-2H3,(H2,14,18,19). The van der Waals surface area contributed by atoms with Crippen molar-refractivity contribution in [2.75, 3.05) is 11.4 Å². The third-order valence-electron chi connectivity index (χ3n) is 3.78. The van der Waals surface area contributed by atoms with E-state index in [0.29, 0.717) is 5.13 Å². The van der Waals surface area contributed by atoms with Gasteiger partial charge in [-0.2, -0.15) is 0 Å². The normalized spacial score (nSPS) is 19.7. The summed E-state index contributed by atoms with van der Waals surface area (Å²) in [5, 5.41) is 4.82. The highest BCUT2D eigenvalue weighted by Crippen LogP contribution is 2.33. The van der Waals surface area contributed by atoms with Gasteiger partial charge in [-0.3, -0.25) is 9.69 Å². The van der Waals surface area contributed by atoms with Crippen molar-refractivity contribution in [1.82, 2.24) is 4.98 Å². The van der Waals surface area contributed by atoms with Gasteiger partial charge < -0.3 is 0 Å². The van der Waals surface area contributed by atoms with Crippen LogP contribution >= 0.6 is 11.3 Å². The zero-order valence-electron chi connectivity index (χ0n) is 11.7. The van der Waals surface area contributed by atoms with Crippen molar-refractivity contribution >= 4 is 42.6 Å². The Kier molecular flexibility index (Phi) is 3.27. The summed E-state index contributed by atoms with van der Waals surface area (Å²) in [7, 11) is -3.71. The largest absolute Gasteiger partial charge is 0.287 e. The van der Waals surface area contributed by atoms with Crippen molar-refractivity contribution in [2.24, 2.45) is 5.14 Å². The van der Waals surface area contributed by atoms with Gasteiger partial charge in [0, 0.05) is 13.0 Å². The average Bonchev–Trinajstić information content (AvgIpc) is 2.92. The first-order valence-electron chi connectivity index (χ1n) is 6.45. The summed E-state index contributed by atoms with van der Waals surface area (Å²) in [6, 6.07) is 4.01. The van der Waals surface area contributed by atoms with Gasteiger partial charge in [0.15, 0.2) is 5.13 Å². The van der Waals surface area contributed by atoms with Crippen LogP contribution in [0.2, 0.25) is 0 Å². The summed E-state index contributed by atoms with van der Waals surface area (Å²) in [6.45, 7) is 4.10. The lowest BCUT2D eigenvalue weighted by molar-refractivity contribution is -0.117. The zero-order chi connectivity index (χ0) is 15.4. The number of rotatable bonds is 2. The van der Waals surface area contributed by atoms with Gasteiger partial charge >= 0.3 is 0 Å². The number of nitrogens with zero attached hydrogens (tertiary/aromatic N) is 2. The highest BCUT2D eigenvalue weighted by Gasteiger charge is 2.38. The maximum atomic E-state index is 12.0. The molecule has 1 amide bonds. The van der Waals surface area contributed by atoms with Crippen LogP contribution in [0.4, 0.5) is 5.13 Å². The number of sulfonamides is 1. The van der Waals surface area contributed by atoms with E-state index in [1.807, 2.05) is 26.0 Å². The fourth-order valence-electron chi connectivity index (χ4n) is 2.36. The molecule has 1 aliphatic rings. The zero-order valence-corrected chi connectivity index (χ0v) is 13.3. The van der Waals surface area contributed by atoms with Gasteiger partial charge in [0.2, 0.25) is 15.9 Å². The number of carbonyl (C=O) groups excluding carboxylic acids is 1. The quantitative estimate of drug-likeness (QED) is 0.901. The molecule has 112 valence electrons. The molecule has 1 unspecified atom stereocenters. The van der Waals surface area contributed by atoms with Crippen LogP contribution in [0.1, 0.15) is 17.5 Å². The van der Waals surface area contributed by atoms with Gasteiger partial charge in [0.1, 0.15) is 5.25 Å². The molecule has 2 aromatic rings. The molecule has 0 radical (unpaired) electrons. The molecule has 1 aliphatic heterocycles. The molecule has 2 heterocycles. The number of fused-ring (bicyclic) bond motifs is 1. The lowest BCUT2D eigenvalue weighted by Crippen LogP contribution is -2.32. The minimum absolute atomic E-state index is 0.0766. The molecule has 0 spiro atoms. The second-order valence-electron chi connectivity index (χ2n) is 5.32. The summed E-state index contributed by atoms with van der Waals surface area (Å²) >= 11 is 1.39. The van der Waals surface area contributed by atoms with Crippen LogP contribution in [0.15, 0.2) is 12.1 Å². The summed E-state index contributed by atoms with van der Waals surface area (Å²) < 4.78 is 23.8. The molecule has 2 N–H and O–H groups in total. The maximum absolute atomic E-state index is 12.0. The van der Waals surface area contributed by atoms with Gasteiger partial charge in [-0.05, 0) is 37.1 Å². The highest BCUT2D eigenvalue weighted by atomic mass is 32.2. The van der Waals surface area contributed by atoms with Crippen LogP contribution in [-0.2, 0) is 14.8 Å². The van der Waals surface area contributed by atoms with Crippen LogP contribution in [0.5, 0.6) is 0 Å². The van der Waals surface area contributed by atoms with E-state index < -0.39 is 15.3 Å². The number of primary sulfonamides is 1. The number of thiazole rings is 1. The Hall–Kier alpha value is -1.51. The summed E-state index contributed by atoms with van der Waals surface area (Å²) in [5.41, 5.74) is 3.12. The van der Waals surface area contributed by atoms with E-state index in [4.69, 9.17) is 5.14 Å². The van der Waals surface area contributed by atoms with Gasteiger partial charge in [-0.25, -0.2) is 18.5 Å². The molecule has 3 rings (SSSR count). The molecule has 1 fully saturated rings. The predicted molar refractivity (Wildman–Crippen MR) is 83.0 cm³/mol. The van der Waals surface area contributed by atoms with Crippen LogP contribution < -0.4 is 10.0 Å². The number of anilines is 1. The van der Waals surface area contributed by atoms with Crippen molar-refractivity contribution in [3.05, 3.63) is 23.3 Å². The number of hydrogen-bond donors (Lipinski definition) is 1. The van der Waals surface area contributed by atoms with Gasteiger partial charge in [-0.15, -0.1) is 0 Å². The Morgan fingerprint density at radius 1 is 1.33 bits per heavy atom. The maximum Gasteiger partial charge on any atom is 0.230 e. The van der Waals surface area contributed by atoms with E-state index in [2.05, 4.69) is 4.98 Å². The van der Waals surface area contributed by atoms with Crippen molar-refractivity contribution in [3.63, 3.8) is 0 Å². The first-order valence-corrected chi connectivity index (χ1v) is 8.88. The monoisotopic (exact) mass is 325 g/mol. The third-order valence-corrected chi connectivity index (χ3v) is 6.06. The molecule has 1 atom stereocenters. The number of aromatic nitrogens is 1. The van der Waals surface area contributed by atoms with Crippen molar-refractivity contribution in [2.45, 2.75) is 25.5 Å². The minimum atomic E-state index is -3.71. The second-order valence-corrected chi connectivity index (χ2v) is 8.17. The predicted octanol–water partition coefficient (Wildman–Crippen LogP) is 1.31. The van der Waals surface area contributed by atoms with Crippen molar-refractivity contribution < 1.29 is 13.2 Å². The minimum Gasteiger partial charge on any atom is -0.287 e. The first-order chi connectivity index (χ1) is 9.75. The van der Waals surface area contributed by atoms with Crippen LogP contribution in [0.3, 0.4) is 0 Å². The smallest absolute Gasteiger partial charge is 0.230 e. The Bertz CT molecular complexity index is 803. The van der Waals surface area contributed by atoms with E-state index in [1.165, 1.54) is 16.2 Å².